The number of rotatable bonds is 7. The number of benzene rings is 3. The Hall–Kier alpha value is -3.79. The maximum atomic E-state index is 11.8. The summed E-state index contributed by atoms with van der Waals surface area (Å²) in [6.45, 7) is 4.11. The van der Waals surface area contributed by atoms with Crippen LogP contribution in [0.25, 0.3) is 16.5 Å². The second kappa shape index (κ2) is 9.56. The van der Waals surface area contributed by atoms with Crippen LogP contribution in [0.5, 0.6) is 5.75 Å². The average Bonchev–Trinajstić information content (AvgIpc) is 3.23. The van der Waals surface area contributed by atoms with Gasteiger partial charge in [0.05, 0.1) is 19.8 Å². The highest BCUT2D eigenvalue weighted by molar-refractivity contribution is 5.93. The largest absolute Gasteiger partial charge is 0.497 e. The van der Waals surface area contributed by atoms with E-state index in [1.165, 1.54) is 11.1 Å². The van der Waals surface area contributed by atoms with Crippen molar-refractivity contribution in [3.05, 3.63) is 108 Å². The standard InChI is InChI=1S/C28H27NO3/c1-4-32-27(30)18-20(2)23-12-15-26-24(19-23)16-17-29(26)28(21-8-6-5-7-9-21)22-10-13-25(31-3)14-11-22/h5-19,28H,4H2,1-3H3/b20-18+. The molecule has 3 aromatic carbocycles. The molecule has 4 nitrogen and oxygen atoms in total. The maximum Gasteiger partial charge on any atom is 0.331 e. The number of fused-ring (bicyclic) bond motifs is 1. The van der Waals surface area contributed by atoms with Crippen molar-refractivity contribution in [2.75, 3.05) is 13.7 Å². The number of carbonyl (C=O) groups is 1. The molecular weight excluding hydrogens is 398 g/mol. The third-order valence-electron chi connectivity index (χ3n) is 5.62. The molecular formula is C28H27NO3. The Bertz CT molecular complexity index is 1240. The van der Waals surface area contributed by atoms with Crippen molar-refractivity contribution in [1.29, 1.82) is 0 Å². The number of carbonyl (C=O) groups excluding carboxylic acids is 1. The van der Waals surface area contributed by atoms with E-state index < -0.39 is 0 Å². The summed E-state index contributed by atoms with van der Waals surface area (Å²) >= 11 is 0. The predicted molar refractivity (Wildman–Crippen MR) is 129 cm³/mol. The Morgan fingerprint density at radius 1 is 0.969 bits per heavy atom. The lowest BCUT2D eigenvalue weighted by atomic mass is 9.98. The maximum absolute atomic E-state index is 11.8. The van der Waals surface area contributed by atoms with E-state index in [0.717, 1.165) is 27.8 Å². The Balaban J connectivity index is 1.77. The van der Waals surface area contributed by atoms with Crippen molar-refractivity contribution in [2.24, 2.45) is 0 Å². The summed E-state index contributed by atoms with van der Waals surface area (Å²) in [6, 6.07) is 27.1. The molecule has 0 saturated carbocycles. The molecule has 0 aliphatic rings. The zero-order valence-corrected chi connectivity index (χ0v) is 18.6. The third-order valence-corrected chi connectivity index (χ3v) is 5.62. The number of hydrogen-bond acceptors (Lipinski definition) is 3. The molecule has 0 radical (unpaired) electrons. The van der Waals surface area contributed by atoms with Gasteiger partial charge in [-0.15, -0.1) is 0 Å². The lowest BCUT2D eigenvalue weighted by Crippen LogP contribution is -2.11. The van der Waals surface area contributed by atoms with Crippen LogP contribution in [-0.2, 0) is 9.53 Å². The predicted octanol–water partition coefficient (Wildman–Crippen LogP) is 6.25. The van der Waals surface area contributed by atoms with Gasteiger partial charge < -0.3 is 14.0 Å². The molecule has 1 aromatic heterocycles. The molecule has 32 heavy (non-hydrogen) atoms. The van der Waals surface area contributed by atoms with Gasteiger partial charge in [-0.25, -0.2) is 4.79 Å². The van der Waals surface area contributed by atoms with E-state index in [4.69, 9.17) is 9.47 Å². The Kier molecular flexibility index (Phi) is 6.41. The Morgan fingerprint density at radius 3 is 2.38 bits per heavy atom. The molecule has 0 amide bonds. The molecule has 1 atom stereocenters. The first-order valence-corrected chi connectivity index (χ1v) is 10.8. The van der Waals surface area contributed by atoms with Gasteiger partial charge in [-0.1, -0.05) is 48.5 Å². The highest BCUT2D eigenvalue weighted by atomic mass is 16.5. The van der Waals surface area contributed by atoms with E-state index in [-0.39, 0.29) is 12.0 Å². The quantitative estimate of drug-likeness (QED) is 0.259. The number of ether oxygens (including phenoxy) is 2. The number of aromatic nitrogens is 1. The summed E-state index contributed by atoms with van der Waals surface area (Å²) < 4.78 is 12.7. The SMILES string of the molecule is CCOC(=O)/C=C(\C)c1ccc2c(ccn2C(c2ccccc2)c2ccc(OC)cc2)c1. The minimum Gasteiger partial charge on any atom is -0.497 e. The highest BCUT2D eigenvalue weighted by Gasteiger charge is 2.18. The molecule has 0 saturated heterocycles. The van der Waals surface area contributed by atoms with Gasteiger partial charge in [0, 0.05) is 23.2 Å². The number of esters is 1. The fourth-order valence-electron chi connectivity index (χ4n) is 4.01. The van der Waals surface area contributed by atoms with Gasteiger partial charge in [0.1, 0.15) is 5.75 Å². The number of nitrogens with zero attached hydrogens (tertiary/aromatic N) is 1. The van der Waals surface area contributed by atoms with Gasteiger partial charge in [0.25, 0.3) is 0 Å². The molecule has 4 aromatic rings. The normalized spacial score (nSPS) is 12.5. The number of methoxy groups -OCH3 is 1. The highest BCUT2D eigenvalue weighted by Crippen LogP contribution is 2.33. The molecule has 0 aliphatic heterocycles. The summed E-state index contributed by atoms with van der Waals surface area (Å²) in [4.78, 5) is 11.8. The van der Waals surface area contributed by atoms with Gasteiger partial charge in [0.15, 0.2) is 0 Å². The van der Waals surface area contributed by atoms with Gasteiger partial charge in [-0.2, -0.15) is 0 Å². The third kappa shape index (κ3) is 4.45. The van der Waals surface area contributed by atoms with E-state index >= 15 is 0 Å². The zero-order chi connectivity index (χ0) is 22.5. The molecule has 0 spiro atoms. The first-order valence-electron chi connectivity index (χ1n) is 10.8. The monoisotopic (exact) mass is 425 g/mol. The second-order valence-electron chi connectivity index (χ2n) is 7.66. The minimum absolute atomic E-state index is 0.0293. The molecule has 1 heterocycles. The fraction of sp³-hybridized carbons (Fsp3) is 0.179. The van der Waals surface area contributed by atoms with Crippen LogP contribution in [0.15, 0.2) is 91.1 Å². The van der Waals surface area contributed by atoms with Crippen molar-refractivity contribution in [3.8, 4) is 5.75 Å². The van der Waals surface area contributed by atoms with E-state index in [0.29, 0.717) is 6.61 Å². The van der Waals surface area contributed by atoms with Crippen LogP contribution in [-0.4, -0.2) is 24.3 Å². The Labute approximate surface area is 188 Å². The summed E-state index contributed by atoms with van der Waals surface area (Å²) in [6.07, 6.45) is 3.67. The molecule has 0 N–H and O–H groups in total. The van der Waals surface area contributed by atoms with Crippen LogP contribution >= 0.6 is 0 Å². The van der Waals surface area contributed by atoms with Crippen LogP contribution in [0.3, 0.4) is 0 Å². The van der Waals surface area contributed by atoms with Gasteiger partial charge in [-0.05, 0) is 66.4 Å². The summed E-state index contributed by atoms with van der Waals surface area (Å²) in [5.41, 5.74) is 5.40. The fourth-order valence-corrected chi connectivity index (χ4v) is 4.01. The smallest absolute Gasteiger partial charge is 0.331 e. The molecule has 4 heteroatoms. The van der Waals surface area contributed by atoms with Crippen LogP contribution < -0.4 is 4.74 Å². The molecule has 0 aliphatic carbocycles. The lowest BCUT2D eigenvalue weighted by Gasteiger charge is -2.22. The molecule has 1 unspecified atom stereocenters. The summed E-state index contributed by atoms with van der Waals surface area (Å²) in [7, 11) is 1.68. The van der Waals surface area contributed by atoms with Crippen molar-refractivity contribution in [1.82, 2.24) is 4.57 Å². The van der Waals surface area contributed by atoms with Crippen molar-refractivity contribution >= 4 is 22.4 Å². The van der Waals surface area contributed by atoms with Crippen LogP contribution in [0.2, 0.25) is 0 Å². The topological polar surface area (TPSA) is 40.5 Å². The average molecular weight is 426 g/mol. The Morgan fingerprint density at radius 2 is 1.69 bits per heavy atom. The van der Waals surface area contributed by atoms with Gasteiger partial charge >= 0.3 is 5.97 Å². The van der Waals surface area contributed by atoms with E-state index in [9.17, 15) is 4.79 Å². The molecule has 0 fully saturated rings. The van der Waals surface area contributed by atoms with Crippen LogP contribution in [0.1, 0.15) is 36.6 Å². The van der Waals surface area contributed by atoms with Crippen molar-refractivity contribution in [3.63, 3.8) is 0 Å². The first-order chi connectivity index (χ1) is 15.6. The minimum atomic E-state index is -0.314. The second-order valence-corrected chi connectivity index (χ2v) is 7.66. The number of allylic oxidation sites excluding steroid dienone is 1. The molecule has 162 valence electrons. The summed E-state index contributed by atoms with van der Waals surface area (Å²) in [5.74, 6) is 0.526. The molecule has 4 rings (SSSR count). The summed E-state index contributed by atoms with van der Waals surface area (Å²) in [5, 5.41) is 1.12. The van der Waals surface area contributed by atoms with E-state index in [2.05, 4.69) is 71.4 Å². The lowest BCUT2D eigenvalue weighted by molar-refractivity contribution is -0.137. The zero-order valence-electron chi connectivity index (χ0n) is 18.6. The molecule has 0 bridgehead atoms. The van der Waals surface area contributed by atoms with Gasteiger partial charge in [-0.3, -0.25) is 0 Å². The first kappa shape index (κ1) is 21.4. The van der Waals surface area contributed by atoms with E-state index in [1.807, 2.05) is 32.0 Å². The number of hydrogen-bond donors (Lipinski definition) is 0. The van der Waals surface area contributed by atoms with Gasteiger partial charge in [0.2, 0.25) is 0 Å². The van der Waals surface area contributed by atoms with Crippen molar-refractivity contribution in [2.45, 2.75) is 19.9 Å². The van der Waals surface area contributed by atoms with Crippen LogP contribution in [0, 0.1) is 0 Å². The van der Waals surface area contributed by atoms with E-state index in [1.54, 1.807) is 13.2 Å². The van der Waals surface area contributed by atoms with Crippen LogP contribution in [0.4, 0.5) is 0 Å². The van der Waals surface area contributed by atoms with Crippen molar-refractivity contribution < 1.29 is 14.3 Å².